The number of aromatic nitrogens is 2. The molecular weight excluding hydrogens is 334 g/mol. The van der Waals surface area contributed by atoms with Crippen LogP contribution >= 0.6 is 11.3 Å². The normalized spacial score (nSPS) is 21.6. The summed E-state index contributed by atoms with van der Waals surface area (Å²) < 4.78 is 5.40. The van der Waals surface area contributed by atoms with E-state index < -0.39 is 0 Å². The van der Waals surface area contributed by atoms with E-state index in [4.69, 9.17) is 9.72 Å². The second-order valence-corrected chi connectivity index (χ2v) is 8.09. The van der Waals surface area contributed by atoms with Crippen molar-refractivity contribution in [1.82, 2.24) is 14.9 Å². The van der Waals surface area contributed by atoms with Crippen molar-refractivity contribution in [1.29, 1.82) is 0 Å². The fraction of sp³-hybridized carbons (Fsp3) is 0.556. The van der Waals surface area contributed by atoms with Gasteiger partial charge in [0.15, 0.2) is 0 Å². The Kier molecular flexibility index (Phi) is 5.14. The SMILES string of the molecule is Cc1ccc(CN2CCC(Nc3ccnc(N4CCOCC4)n3)C2)s1. The lowest BCUT2D eigenvalue weighted by Gasteiger charge is -2.27. The fourth-order valence-corrected chi connectivity index (χ4v) is 4.37. The highest BCUT2D eigenvalue weighted by Crippen LogP contribution is 2.22. The average molecular weight is 359 g/mol. The predicted molar refractivity (Wildman–Crippen MR) is 101 cm³/mol. The van der Waals surface area contributed by atoms with Crippen LogP contribution in [0.25, 0.3) is 0 Å². The second-order valence-electron chi connectivity index (χ2n) is 6.72. The summed E-state index contributed by atoms with van der Waals surface area (Å²) in [4.78, 5) is 16.7. The van der Waals surface area contributed by atoms with E-state index in [1.807, 2.05) is 23.6 Å². The lowest BCUT2D eigenvalue weighted by Crippen LogP contribution is -2.37. The number of aryl methyl sites for hydroxylation is 1. The van der Waals surface area contributed by atoms with Gasteiger partial charge in [-0.3, -0.25) is 4.90 Å². The summed E-state index contributed by atoms with van der Waals surface area (Å²) in [5.74, 6) is 1.73. The Hall–Kier alpha value is -1.70. The maximum absolute atomic E-state index is 5.40. The van der Waals surface area contributed by atoms with Crippen molar-refractivity contribution >= 4 is 23.1 Å². The molecule has 2 aromatic heterocycles. The number of nitrogens with one attached hydrogen (secondary N) is 1. The van der Waals surface area contributed by atoms with Crippen molar-refractivity contribution in [3.05, 3.63) is 34.2 Å². The van der Waals surface area contributed by atoms with Gasteiger partial charge >= 0.3 is 0 Å². The van der Waals surface area contributed by atoms with Crippen LogP contribution in [0.2, 0.25) is 0 Å². The molecule has 25 heavy (non-hydrogen) atoms. The predicted octanol–water partition coefficient (Wildman–Crippen LogP) is 2.37. The minimum atomic E-state index is 0.452. The van der Waals surface area contributed by atoms with Crippen molar-refractivity contribution in [3.63, 3.8) is 0 Å². The molecule has 0 radical (unpaired) electrons. The van der Waals surface area contributed by atoms with Gasteiger partial charge in [-0.15, -0.1) is 11.3 Å². The van der Waals surface area contributed by atoms with Gasteiger partial charge < -0.3 is 15.0 Å². The molecule has 2 aromatic rings. The smallest absolute Gasteiger partial charge is 0.227 e. The third-order valence-electron chi connectivity index (χ3n) is 4.74. The first-order chi connectivity index (χ1) is 12.3. The van der Waals surface area contributed by atoms with Gasteiger partial charge in [0.05, 0.1) is 13.2 Å². The molecule has 0 amide bonds. The molecule has 0 bridgehead atoms. The van der Waals surface area contributed by atoms with Gasteiger partial charge in [0.25, 0.3) is 0 Å². The third kappa shape index (κ3) is 4.29. The Morgan fingerprint density at radius 2 is 2.12 bits per heavy atom. The van der Waals surface area contributed by atoms with E-state index in [1.54, 1.807) is 0 Å². The number of hydrogen-bond donors (Lipinski definition) is 1. The number of rotatable bonds is 5. The maximum Gasteiger partial charge on any atom is 0.227 e. The zero-order valence-electron chi connectivity index (χ0n) is 14.6. The Bertz CT molecular complexity index is 700. The number of nitrogens with zero attached hydrogens (tertiary/aromatic N) is 4. The van der Waals surface area contributed by atoms with Crippen molar-refractivity contribution in [3.8, 4) is 0 Å². The quantitative estimate of drug-likeness (QED) is 0.885. The molecule has 2 aliphatic heterocycles. The molecule has 0 saturated carbocycles. The summed E-state index contributed by atoms with van der Waals surface area (Å²) in [6.45, 7) is 8.65. The van der Waals surface area contributed by atoms with Crippen LogP contribution in [0.1, 0.15) is 16.2 Å². The Morgan fingerprint density at radius 3 is 2.92 bits per heavy atom. The molecule has 4 heterocycles. The first-order valence-corrected chi connectivity index (χ1v) is 9.78. The highest BCUT2D eigenvalue weighted by atomic mass is 32.1. The minimum Gasteiger partial charge on any atom is -0.378 e. The molecule has 1 atom stereocenters. The molecule has 0 aliphatic carbocycles. The van der Waals surface area contributed by atoms with Gasteiger partial charge in [-0.05, 0) is 31.5 Å². The Labute approximate surface area is 152 Å². The third-order valence-corrected chi connectivity index (χ3v) is 5.72. The van der Waals surface area contributed by atoms with Crippen LogP contribution in [0.5, 0.6) is 0 Å². The first-order valence-electron chi connectivity index (χ1n) is 8.96. The van der Waals surface area contributed by atoms with Crippen LogP contribution in [0.15, 0.2) is 24.4 Å². The van der Waals surface area contributed by atoms with Crippen LogP contribution in [-0.4, -0.2) is 60.3 Å². The minimum absolute atomic E-state index is 0.452. The summed E-state index contributed by atoms with van der Waals surface area (Å²) in [5, 5.41) is 3.59. The molecule has 2 fully saturated rings. The van der Waals surface area contributed by atoms with Crippen molar-refractivity contribution < 1.29 is 4.74 Å². The number of ether oxygens (including phenoxy) is 1. The molecule has 6 nitrogen and oxygen atoms in total. The van der Waals surface area contributed by atoms with Crippen molar-refractivity contribution in [2.75, 3.05) is 49.6 Å². The van der Waals surface area contributed by atoms with Gasteiger partial charge in [-0.2, -0.15) is 4.98 Å². The first kappa shape index (κ1) is 16.8. The summed E-state index contributed by atoms with van der Waals surface area (Å²) in [6.07, 6.45) is 3.00. The molecule has 7 heteroatoms. The number of anilines is 2. The lowest BCUT2D eigenvalue weighted by atomic mass is 10.2. The topological polar surface area (TPSA) is 53.5 Å². The number of likely N-dealkylation sites (tertiary alicyclic amines) is 1. The number of morpholine rings is 1. The zero-order valence-corrected chi connectivity index (χ0v) is 15.5. The Balaban J connectivity index is 1.33. The number of thiophene rings is 1. The maximum atomic E-state index is 5.40. The van der Waals surface area contributed by atoms with Crippen LogP contribution in [0, 0.1) is 6.92 Å². The van der Waals surface area contributed by atoms with E-state index in [1.165, 1.54) is 9.75 Å². The molecule has 1 N–H and O–H groups in total. The van der Waals surface area contributed by atoms with Crippen LogP contribution in [0.4, 0.5) is 11.8 Å². The van der Waals surface area contributed by atoms with E-state index in [0.717, 1.165) is 64.1 Å². The molecule has 134 valence electrons. The van der Waals surface area contributed by atoms with Gasteiger partial charge in [-0.25, -0.2) is 4.98 Å². The van der Waals surface area contributed by atoms with E-state index in [2.05, 4.69) is 39.2 Å². The van der Waals surface area contributed by atoms with E-state index >= 15 is 0 Å². The lowest BCUT2D eigenvalue weighted by molar-refractivity contribution is 0.122. The van der Waals surface area contributed by atoms with Crippen molar-refractivity contribution in [2.45, 2.75) is 25.9 Å². The molecule has 2 saturated heterocycles. The van der Waals surface area contributed by atoms with Crippen LogP contribution in [-0.2, 0) is 11.3 Å². The summed E-state index contributed by atoms with van der Waals surface area (Å²) in [6, 6.07) is 6.88. The standard InChI is InChI=1S/C18H25N5OS/c1-14-2-3-16(25-14)13-22-7-5-15(12-22)20-17-4-6-19-18(21-17)23-8-10-24-11-9-23/h2-4,6,15H,5,7-13H2,1H3,(H,19,20,21). The number of hydrogen-bond acceptors (Lipinski definition) is 7. The molecule has 0 spiro atoms. The van der Waals surface area contributed by atoms with E-state index in [0.29, 0.717) is 6.04 Å². The summed E-state index contributed by atoms with van der Waals surface area (Å²) >= 11 is 1.90. The van der Waals surface area contributed by atoms with Gasteiger partial charge in [0, 0.05) is 54.7 Å². The second kappa shape index (κ2) is 7.68. The summed E-state index contributed by atoms with van der Waals surface area (Å²) in [5.41, 5.74) is 0. The van der Waals surface area contributed by atoms with Crippen molar-refractivity contribution in [2.24, 2.45) is 0 Å². The van der Waals surface area contributed by atoms with E-state index in [-0.39, 0.29) is 0 Å². The highest BCUT2D eigenvalue weighted by Gasteiger charge is 2.23. The van der Waals surface area contributed by atoms with Crippen LogP contribution < -0.4 is 10.2 Å². The fourth-order valence-electron chi connectivity index (χ4n) is 3.44. The van der Waals surface area contributed by atoms with Gasteiger partial charge in [0.1, 0.15) is 5.82 Å². The molecular formula is C18H25N5OS. The monoisotopic (exact) mass is 359 g/mol. The molecule has 2 aliphatic rings. The molecule has 0 aromatic carbocycles. The average Bonchev–Trinajstić information content (AvgIpc) is 3.25. The molecule has 1 unspecified atom stereocenters. The van der Waals surface area contributed by atoms with E-state index in [9.17, 15) is 0 Å². The zero-order chi connectivity index (χ0) is 17.1. The highest BCUT2D eigenvalue weighted by molar-refractivity contribution is 7.11. The Morgan fingerprint density at radius 1 is 1.24 bits per heavy atom. The molecule has 4 rings (SSSR count). The largest absolute Gasteiger partial charge is 0.378 e. The van der Waals surface area contributed by atoms with Gasteiger partial charge in [-0.1, -0.05) is 0 Å². The summed E-state index contributed by atoms with van der Waals surface area (Å²) in [7, 11) is 0. The van der Waals surface area contributed by atoms with Gasteiger partial charge in [0.2, 0.25) is 5.95 Å². The van der Waals surface area contributed by atoms with Crippen LogP contribution in [0.3, 0.4) is 0 Å².